The fraction of sp³-hybridized carbons (Fsp3) is 0.143. The monoisotopic (exact) mass is 245 g/mol. The van der Waals surface area contributed by atoms with E-state index in [0.29, 0.717) is 5.69 Å². The number of halogens is 1. The van der Waals surface area contributed by atoms with Gasteiger partial charge in [0.2, 0.25) is 5.78 Å². The minimum atomic E-state index is -0.558. The van der Waals surface area contributed by atoms with Crippen LogP contribution in [0.2, 0.25) is 0 Å². The molecule has 3 nitrogen and oxygen atoms in total. The molecule has 0 unspecified atom stereocenters. The summed E-state index contributed by atoms with van der Waals surface area (Å²) in [4.78, 5) is 16.2. The number of hydrogen-bond donors (Lipinski definition) is 0. The molecule has 2 aromatic rings. The lowest BCUT2D eigenvalue weighted by atomic mass is 10.0. The van der Waals surface area contributed by atoms with E-state index in [2.05, 4.69) is 4.98 Å². The zero-order valence-corrected chi connectivity index (χ0v) is 10.1. The van der Waals surface area contributed by atoms with E-state index in [1.807, 2.05) is 0 Å². The number of aryl methyl sites for hydroxylation is 1. The first-order valence-electron chi connectivity index (χ1n) is 5.43. The van der Waals surface area contributed by atoms with Crippen LogP contribution in [0.25, 0.3) is 0 Å². The molecule has 1 aromatic heterocycles. The van der Waals surface area contributed by atoms with Gasteiger partial charge in [0, 0.05) is 11.8 Å². The molecule has 0 aliphatic carbocycles. The van der Waals surface area contributed by atoms with Gasteiger partial charge in [0.05, 0.1) is 7.11 Å². The third-order valence-electron chi connectivity index (χ3n) is 2.64. The largest absolute Gasteiger partial charge is 0.494 e. The first-order valence-corrected chi connectivity index (χ1v) is 5.43. The van der Waals surface area contributed by atoms with Crippen LogP contribution in [0.1, 0.15) is 21.6 Å². The number of nitrogens with zero attached hydrogens (tertiary/aromatic N) is 1. The predicted octanol–water partition coefficient (Wildman–Crippen LogP) is 2.77. The van der Waals surface area contributed by atoms with Crippen LogP contribution in [0, 0.1) is 12.7 Å². The summed E-state index contributed by atoms with van der Waals surface area (Å²) in [5.74, 6) is -0.740. The normalized spacial score (nSPS) is 10.2. The van der Waals surface area contributed by atoms with Crippen molar-refractivity contribution >= 4 is 5.78 Å². The summed E-state index contributed by atoms with van der Waals surface area (Å²) >= 11 is 0. The van der Waals surface area contributed by atoms with Crippen LogP contribution in [-0.2, 0) is 0 Å². The van der Waals surface area contributed by atoms with Gasteiger partial charge in [-0.3, -0.25) is 9.78 Å². The van der Waals surface area contributed by atoms with Crippen LogP contribution in [-0.4, -0.2) is 17.9 Å². The highest BCUT2D eigenvalue weighted by Crippen LogP contribution is 2.20. The van der Waals surface area contributed by atoms with E-state index >= 15 is 0 Å². The quantitative estimate of drug-likeness (QED) is 0.780. The van der Waals surface area contributed by atoms with Gasteiger partial charge in [0.15, 0.2) is 11.6 Å². The zero-order chi connectivity index (χ0) is 13.1. The lowest BCUT2D eigenvalue weighted by Crippen LogP contribution is -2.06. The molecule has 1 heterocycles. The highest BCUT2D eigenvalue weighted by molar-refractivity contribution is 6.08. The second-order valence-corrected chi connectivity index (χ2v) is 3.85. The van der Waals surface area contributed by atoms with Crippen molar-refractivity contribution in [2.45, 2.75) is 6.92 Å². The van der Waals surface area contributed by atoms with Crippen molar-refractivity contribution in [3.05, 3.63) is 59.2 Å². The van der Waals surface area contributed by atoms with Crippen molar-refractivity contribution in [1.29, 1.82) is 0 Å². The number of aromatic nitrogens is 1. The maximum absolute atomic E-state index is 13.5. The number of ketones is 1. The second-order valence-electron chi connectivity index (χ2n) is 3.85. The number of methoxy groups -OCH3 is 1. The van der Waals surface area contributed by atoms with Crippen molar-refractivity contribution in [3.63, 3.8) is 0 Å². The number of hydrogen-bond acceptors (Lipinski definition) is 3. The molecule has 1 aromatic carbocycles. The molecule has 0 saturated heterocycles. The Hall–Kier alpha value is -2.23. The van der Waals surface area contributed by atoms with Crippen LogP contribution in [0.4, 0.5) is 4.39 Å². The Morgan fingerprint density at radius 2 is 2.11 bits per heavy atom. The summed E-state index contributed by atoms with van der Waals surface area (Å²) < 4.78 is 18.3. The van der Waals surface area contributed by atoms with Crippen molar-refractivity contribution in [3.8, 4) is 5.75 Å². The van der Waals surface area contributed by atoms with E-state index in [4.69, 9.17) is 4.74 Å². The first-order chi connectivity index (χ1) is 8.63. The molecule has 0 amide bonds. The summed E-state index contributed by atoms with van der Waals surface area (Å²) in [6.07, 6.45) is 1.54. The Labute approximate surface area is 104 Å². The Morgan fingerprint density at radius 1 is 1.33 bits per heavy atom. The molecule has 0 radical (unpaired) electrons. The zero-order valence-electron chi connectivity index (χ0n) is 10.1. The van der Waals surface area contributed by atoms with Gasteiger partial charge < -0.3 is 4.74 Å². The molecule has 0 aliphatic heterocycles. The lowest BCUT2D eigenvalue weighted by molar-refractivity contribution is 0.103. The average Bonchev–Trinajstić information content (AvgIpc) is 2.38. The Bertz CT molecular complexity index is 596. The number of pyridine rings is 1. The molecule has 0 N–H and O–H groups in total. The van der Waals surface area contributed by atoms with Gasteiger partial charge in [-0.2, -0.15) is 0 Å². The number of carbonyl (C=O) groups is 1. The Morgan fingerprint density at radius 3 is 2.72 bits per heavy atom. The molecule has 0 saturated carbocycles. The van der Waals surface area contributed by atoms with E-state index in [-0.39, 0.29) is 17.1 Å². The van der Waals surface area contributed by atoms with Crippen LogP contribution in [0.5, 0.6) is 5.75 Å². The molecule has 2 rings (SSSR count). The smallest absolute Gasteiger partial charge is 0.211 e. The van der Waals surface area contributed by atoms with E-state index in [9.17, 15) is 9.18 Å². The van der Waals surface area contributed by atoms with Crippen molar-refractivity contribution in [1.82, 2.24) is 4.98 Å². The Balaban J connectivity index is 2.41. The highest BCUT2D eigenvalue weighted by atomic mass is 19.1. The van der Waals surface area contributed by atoms with E-state index in [1.165, 1.54) is 19.2 Å². The summed E-state index contributed by atoms with van der Waals surface area (Å²) in [6.45, 7) is 1.79. The van der Waals surface area contributed by atoms with Crippen LogP contribution in [0.3, 0.4) is 0 Å². The molecule has 92 valence electrons. The highest BCUT2D eigenvalue weighted by Gasteiger charge is 2.15. The van der Waals surface area contributed by atoms with Gasteiger partial charge >= 0.3 is 0 Å². The molecule has 4 heteroatoms. The van der Waals surface area contributed by atoms with Crippen LogP contribution < -0.4 is 4.74 Å². The first kappa shape index (κ1) is 12.2. The lowest BCUT2D eigenvalue weighted by Gasteiger charge is -2.06. The van der Waals surface area contributed by atoms with Crippen molar-refractivity contribution in [2.24, 2.45) is 0 Å². The molecule has 0 bridgehead atoms. The number of rotatable bonds is 3. The summed E-state index contributed by atoms with van der Waals surface area (Å²) in [6, 6.07) is 7.66. The number of benzene rings is 1. The summed E-state index contributed by atoms with van der Waals surface area (Å²) in [5.41, 5.74) is 1.36. The maximum atomic E-state index is 13.5. The topological polar surface area (TPSA) is 39.2 Å². The van der Waals surface area contributed by atoms with Crippen LogP contribution >= 0.6 is 0 Å². The molecule has 0 aliphatic rings. The average molecular weight is 245 g/mol. The van der Waals surface area contributed by atoms with Gasteiger partial charge in [0.25, 0.3) is 0 Å². The van der Waals surface area contributed by atoms with Gasteiger partial charge in [-0.25, -0.2) is 4.39 Å². The summed E-state index contributed by atoms with van der Waals surface area (Å²) in [7, 11) is 1.38. The van der Waals surface area contributed by atoms with E-state index in [0.717, 1.165) is 11.6 Å². The van der Waals surface area contributed by atoms with Gasteiger partial charge in [-0.1, -0.05) is 6.07 Å². The molecular weight excluding hydrogens is 233 g/mol. The second kappa shape index (κ2) is 4.96. The van der Waals surface area contributed by atoms with Gasteiger partial charge in [0.1, 0.15) is 5.69 Å². The fourth-order valence-corrected chi connectivity index (χ4v) is 1.67. The molecule has 18 heavy (non-hydrogen) atoms. The molecule has 0 fully saturated rings. The minimum absolute atomic E-state index is 0.115. The van der Waals surface area contributed by atoms with E-state index in [1.54, 1.807) is 25.3 Å². The maximum Gasteiger partial charge on any atom is 0.211 e. The molecule has 0 spiro atoms. The predicted molar refractivity (Wildman–Crippen MR) is 65.4 cm³/mol. The number of ether oxygens (including phenoxy) is 1. The van der Waals surface area contributed by atoms with Gasteiger partial charge in [-0.05, 0) is 36.8 Å². The van der Waals surface area contributed by atoms with E-state index < -0.39 is 5.82 Å². The summed E-state index contributed by atoms with van der Waals surface area (Å²) in [5, 5.41) is 0. The standard InChI is InChI=1S/C14H12FNO2/c1-9-4-3-7-16-13(9)14(17)10-5-6-12(18-2)11(15)8-10/h3-8H,1-2H3. The van der Waals surface area contributed by atoms with Gasteiger partial charge in [-0.15, -0.1) is 0 Å². The van der Waals surface area contributed by atoms with Crippen molar-refractivity contribution in [2.75, 3.05) is 7.11 Å². The fourth-order valence-electron chi connectivity index (χ4n) is 1.67. The minimum Gasteiger partial charge on any atom is -0.494 e. The van der Waals surface area contributed by atoms with Crippen molar-refractivity contribution < 1.29 is 13.9 Å². The molecule has 0 atom stereocenters. The van der Waals surface area contributed by atoms with Crippen LogP contribution in [0.15, 0.2) is 36.5 Å². The third-order valence-corrected chi connectivity index (χ3v) is 2.64. The Kier molecular flexibility index (Phi) is 3.37. The number of carbonyl (C=O) groups excluding carboxylic acids is 1. The third kappa shape index (κ3) is 2.22. The SMILES string of the molecule is COc1ccc(C(=O)c2ncccc2C)cc1F. The molecular formula is C14H12FNO2.